The molecule has 0 unspecified atom stereocenters. The highest BCUT2D eigenvalue weighted by Gasteiger charge is 2.33. The first-order valence-corrected chi connectivity index (χ1v) is 8.95. The molecule has 3 rings (SSSR count). The molecular weight excluding hydrogens is 405 g/mol. The first-order valence-electron chi connectivity index (χ1n) is 7.72. The van der Waals surface area contributed by atoms with E-state index in [1.165, 1.54) is 36.7 Å². The van der Waals surface area contributed by atoms with Crippen molar-refractivity contribution in [3.05, 3.63) is 70.6 Å². The molecule has 0 saturated carbocycles. The second-order valence-corrected chi connectivity index (χ2v) is 6.91. The van der Waals surface area contributed by atoms with Crippen LogP contribution in [-0.2, 0) is 9.59 Å². The number of thiocarbonyl (C=S) groups is 1. The smallest absolute Gasteiger partial charge is 0.300 e. The number of aliphatic carboxylic acids is 1. The van der Waals surface area contributed by atoms with E-state index in [0.29, 0.717) is 5.56 Å². The van der Waals surface area contributed by atoms with E-state index in [1.807, 2.05) is 0 Å². The standard InChI is InChI=1S/C16H10FN3O2S2.C2H4O2/c17-12-4-2-1-3-11(12)9-13-15(22)20(16(23)24-13)19-14(21)10-5-7-18-8-6-10;1-2(3)4/h1-9H,(H,19,21);1H3,(H,3,4). The summed E-state index contributed by atoms with van der Waals surface area (Å²) in [6.07, 6.45) is 4.35. The van der Waals surface area contributed by atoms with Crippen molar-refractivity contribution >= 4 is 52.2 Å². The molecular formula is C18H14FN3O4S2. The van der Waals surface area contributed by atoms with Gasteiger partial charge in [0.15, 0.2) is 4.32 Å². The summed E-state index contributed by atoms with van der Waals surface area (Å²) < 4.78 is 13.9. The number of carboxylic acids is 1. The molecule has 2 heterocycles. The Hall–Kier alpha value is -3.11. The number of hydrazine groups is 1. The van der Waals surface area contributed by atoms with Crippen molar-refractivity contribution in [3.63, 3.8) is 0 Å². The van der Waals surface area contributed by atoms with Crippen molar-refractivity contribution in [2.45, 2.75) is 6.92 Å². The summed E-state index contributed by atoms with van der Waals surface area (Å²) in [5, 5.41) is 8.40. The van der Waals surface area contributed by atoms with Crippen molar-refractivity contribution in [3.8, 4) is 0 Å². The Bertz CT molecular complexity index is 947. The van der Waals surface area contributed by atoms with Crippen molar-refractivity contribution < 1.29 is 23.9 Å². The van der Waals surface area contributed by atoms with E-state index in [1.54, 1.807) is 18.2 Å². The number of nitrogens with zero attached hydrogens (tertiary/aromatic N) is 2. The molecule has 1 aromatic carbocycles. The molecule has 0 bridgehead atoms. The van der Waals surface area contributed by atoms with Gasteiger partial charge in [0, 0.05) is 30.4 Å². The van der Waals surface area contributed by atoms with E-state index < -0.39 is 23.6 Å². The lowest BCUT2D eigenvalue weighted by Gasteiger charge is -2.15. The Kier molecular flexibility index (Phi) is 7.36. The van der Waals surface area contributed by atoms with E-state index >= 15 is 0 Å². The predicted octanol–water partition coefficient (Wildman–Crippen LogP) is 2.86. The van der Waals surface area contributed by atoms with Gasteiger partial charge in [-0.3, -0.25) is 24.8 Å². The normalized spacial score (nSPS) is 14.5. The third-order valence-corrected chi connectivity index (χ3v) is 4.44. The number of nitrogens with one attached hydrogen (secondary N) is 1. The fourth-order valence-electron chi connectivity index (χ4n) is 1.97. The minimum absolute atomic E-state index is 0.171. The van der Waals surface area contributed by atoms with Gasteiger partial charge >= 0.3 is 0 Å². The van der Waals surface area contributed by atoms with Gasteiger partial charge in [-0.1, -0.05) is 30.0 Å². The molecule has 2 amide bonds. The Balaban J connectivity index is 0.000000640. The number of halogens is 1. The fraction of sp³-hybridized carbons (Fsp3) is 0.0556. The van der Waals surface area contributed by atoms with Crippen LogP contribution in [0.4, 0.5) is 4.39 Å². The van der Waals surface area contributed by atoms with Gasteiger partial charge in [-0.25, -0.2) is 4.39 Å². The van der Waals surface area contributed by atoms with Gasteiger partial charge in [0.25, 0.3) is 17.8 Å². The number of benzene rings is 1. The van der Waals surface area contributed by atoms with Crippen LogP contribution in [0.15, 0.2) is 53.7 Å². The average molecular weight is 419 g/mol. The van der Waals surface area contributed by atoms with Crippen LogP contribution in [0.25, 0.3) is 6.08 Å². The van der Waals surface area contributed by atoms with Crippen molar-refractivity contribution in [1.29, 1.82) is 0 Å². The summed E-state index contributed by atoms with van der Waals surface area (Å²) >= 11 is 6.12. The first kappa shape index (κ1) is 21.2. The van der Waals surface area contributed by atoms with Crippen LogP contribution in [0.1, 0.15) is 22.8 Å². The molecule has 2 aromatic rings. The van der Waals surface area contributed by atoms with Gasteiger partial charge in [-0.15, -0.1) is 0 Å². The van der Waals surface area contributed by atoms with Gasteiger partial charge in [0.05, 0.1) is 4.91 Å². The van der Waals surface area contributed by atoms with E-state index in [2.05, 4.69) is 10.4 Å². The van der Waals surface area contributed by atoms with Gasteiger partial charge in [-0.05, 0) is 36.5 Å². The number of hydrogen-bond donors (Lipinski definition) is 2. The summed E-state index contributed by atoms with van der Waals surface area (Å²) in [7, 11) is 0. The molecule has 1 fully saturated rings. The van der Waals surface area contributed by atoms with E-state index in [4.69, 9.17) is 22.1 Å². The Labute approximate surface area is 169 Å². The van der Waals surface area contributed by atoms with Gasteiger partial charge in [0.1, 0.15) is 5.82 Å². The molecule has 28 heavy (non-hydrogen) atoms. The molecule has 0 radical (unpaired) electrons. The Morgan fingerprint density at radius 2 is 1.86 bits per heavy atom. The highest BCUT2D eigenvalue weighted by Crippen LogP contribution is 2.31. The number of hydrogen-bond acceptors (Lipinski definition) is 6. The summed E-state index contributed by atoms with van der Waals surface area (Å²) in [4.78, 5) is 37.6. The second-order valence-electron chi connectivity index (χ2n) is 5.23. The molecule has 10 heteroatoms. The van der Waals surface area contributed by atoms with Crippen LogP contribution in [0.3, 0.4) is 0 Å². The third-order valence-electron chi connectivity index (χ3n) is 3.14. The number of carbonyl (C=O) groups excluding carboxylic acids is 2. The predicted molar refractivity (Wildman–Crippen MR) is 106 cm³/mol. The van der Waals surface area contributed by atoms with Crippen LogP contribution >= 0.6 is 24.0 Å². The maximum atomic E-state index is 13.7. The van der Waals surface area contributed by atoms with Gasteiger partial charge in [0.2, 0.25) is 0 Å². The molecule has 2 N–H and O–H groups in total. The van der Waals surface area contributed by atoms with Crippen LogP contribution in [-0.4, -0.2) is 37.2 Å². The highest BCUT2D eigenvalue weighted by atomic mass is 32.2. The topological polar surface area (TPSA) is 99.6 Å². The number of rotatable bonds is 3. The van der Waals surface area contributed by atoms with Crippen LogP contribution in [0, 0.1) is 5.82 Å². The van der Waals surface area contributed by atoms with Gasteiger partial charge in [-0.2, -0.15) is 5.01 Å². The number of amides is 2. The minimum atomic E-state index is -0.833. The van der Waals surface area contributed by atoms with E-state index in [-0.39, 0.29) is 14.8 Å². The monoisotopic (exact) mass is 419 g/mol. The molecule has 144 valence electrons. The molecule has 1 aliphatic rings. The van der Waals surface area contributed by atoms with Crippen molar-refractivity contribution in [2.24, 2.45) is 0 Å². The average Bonchev–Trinajstić information content (AvgIpc) is 2.91. The zero-order chi connectivity index (χ0) is 20.7. The first-order chi connectivity index (χ1) is 13.3. The lowest BCUT2D eigenvalue weighted by molar-refractivity contribution is -0.134. The molecule has 1 aliphatic heterocycles. The second kappa shape index (κ2) is 9.72. The fourth-order valence-corrected chi connectivity index (χ4v) is 3.14. The van der Waals surface area contributed by atoms with Crippen molar-refractivity contribution in [1.82, 2.24) is 15.4 Å². The quantitative estimate of drug-likeness (QED) is 0.583. The van der Waals surface area contributed by atoms with Crippen LogP contribution < -0.4 is 5.43 Å². The number of pyridine rings is 1. The van der Waals surface area contributed by atoms with Crippen LogP contribution in [0.2, 0.25) is 0 Å². The van der Waals surface area contributed by atoms with E-state index in [9.17, 15) is 14.0 Å². The maximum absolute atomic E-state index is 13.7. The highest BCUT2D eigenvalue weighted by molar-refractivity contribution is 8.26. The minimum Gasteiger partial charge on any atom is -0.481 e. The number of aromatic nitrogens is 1. The summed E-state index contributed by atoms with van der Waals surface area (Å²) in [6, 6.07) is 9.12. The Morgan fingerprint density at radius 3 is 2.46 bits per heavy atom. The lowest BCUT2D eigenvalue weighted by Crippen LogP contribution is -2.44. The Morgan fingerprint density at radius 1 is 1.25 bits per heavy atom. The zero-order valence-corrected chi connectivity index (χ0v) is 16.1. The molecule has 0 spiro atoms. The summed E-state index contributed by atoms with van der Waals surface area (Å²) in [5.74, 6) is -2.26. The summed E-state index contributed by atoms with van der Waals surface area (Å²) in [6.45, 7) is 1.08. The number of carbonyl (C=O) groups is 3. The summed E-state index contributed by atoms with van der Waals surface area (Å²) in [5.41, 5.74) is 3.07. The van der Waals surface area contributed by atoms with Gasteiger partial charge < -0.3 is 5.11 Å². The molecule has 1 aromatic heterocycles. The number of thioether (sulfide) groups is 1. The van der Waals surface area contributed by atoms with Crippen LogP contribution in [0.5, 0.6) is 0 Å². The largest absolute Gasteiger partial charge is 0.481 e. The van der Waals surface area contributed by atoms with E-state index in [0.717, 1.165) is 23.7 Å². The zero-order valence-electron chi connectivity index (χ0n) is 14.5. The SMILES string of the molecule is CC(=O)O.O=C(NN1C(=O)C(=Cc2ccccc2F)SC1=S)c1ccncc1. The molecule has 7 nitrogen and oxygen atoms in total. The van der Waals surface area contributed by atoms with Crippen molar-refractivity contribution in [2.75, 3.05) is 0 Å². The molecule has 1 saturated heterocycles. The number of carboxylic acid groups (broad SMARTS) is 1. The maximum Gasteiger partial charge on any atom is 0.300 e. The lowest BCUT2D eigenvalue weighted by atomic mass is 10.2. The third kappa shape index (κ3) is 5.69. The molecule has 0 atom stereocenters. The molecule has 0 aliphatic carbocycles.